The van der Waals surface area contributed by atoms with Crippen molar-refractivity contribution in [3.8, 4) is 11.4 Å². The molecular weight excluding hydrogens is 306 g/mol. The smallest absolute Gasteiger partial charge is 0.144 e. The topological polar surface area (TPSA) is 64.5 Å². The van der Waals surface area contributed by atoms with Crippen molar-refractivity contribution in [3.05, 3.63) is 55.2 Å². The maximum absolute atomic E-state index is 4.57. The summed E-state index contributed by atoms with van der Waals surface area (Å²) >= 11 is 1.55. The van der Waals surface area contributed by atoms with Gasteiger partial charge >= 0.3 is 0 Å². The normalized spacial score (nSPS) is 11.5. The van der Waals surface area contributed by atoms with Crippen LogP contribution in [-0.2, 0) is 0 Å². The second kappa shape index (κ2) is 4.76. The van der Waals surface area contributed by atoms with Crippen molar-refractivity contribution in [1.82, 2.24) is 24.9 Å². The van der Waals surface area contributed by atoms with Crippen LogP contribution in [0.2, 0.25) is 0 Å². The van der Waals surface area contributed by atoms with Crippen molar-refractivity contribution in [2.24, 2.45) is 0 Å². The molecule has 0 atom stereocenters. The van der Waals surface area contributed by atoms with Crippen molar-refractivity contribution in [1.29, 1.82) is 0 Å². The lowest BCUT2D eigenvalue weighted by atomic mass is 10.1. The second-order valence-electron chi connectivity index (χ2n) is 5.09. The minimum atomic E-state index is 0.816. The molecule has 0 radical (unpaired) electrons. The van der Waals surface area contributed by atoms with Gasteiger partial charge in [-0.3, -0.25) is 4.98 Å². The van der Waals surface area contributed by atoms with Crippen molar-refractivity contribution < 1.29 is 0 Å². The van der Waals surface area contributed by atoms with Crippen molar-refractivity contribution >= 4 is 42.7 Å². The summed E-state index contributed by atoms with van der Waals surface area (Å²) in [6, 6.07) is 10.2. The third-order valence-electron chi connectivity index (χ3n) is 3.79. The number of thiophene rings is 1. The van der Waals surface area contributed by atoms with Gasteiger partial charge in [-0.15, -0.1) is 11.3 Å². The lowest BCUT2D eigenvalue weighted by Gasteiger charge is -2.05. The van der Waals surface area contributed by atoms with Crippen LogP contribution in [0.25, 0.3) is 42.7 Å². The van der Waals surface area contributed by atoms with Crippen LogP contribution in [0.3, 0.4) is 0 Å². The number of nitrogens with zero attached hydrogens (tertiary/aromatic N) is 5. The highest BCUT2D eigenvalue weighted by molar-refractivity contribution is 7.25. The fourth-order valence-corrected chi connectivity index (χ4v) is 3.82. The Bertz CT molecular complexity index is 1180. The van der Waals surface area contributed by atoms with E-state index in [4.69, 9.17) is 0 Å². The van der Waals surface area contributed by atoms with E-state index in [1.165, 1.54) is 0 Å². The molecule has 5 aromatic rings. The average Bonchev–Trinajstić information content (AvgIpc) is 3.00. The first-order valence-corrected chi connectivity index (χ1v) is 7.92. The molecule has 6 heteroatoms. The molecular formula is C17H9N5S. The molecule has 0 aliphatic heterocycles. The molecule has 0 aliphatic carbocycles. The van der Waals surface area contributed by atoms with Gasteiger partial charge < -0.3 is 0 Å². The zero-order valence-electron chi connectivity index (χ0n) is 11.8. The fourth-order valence-electron chi connectivity index (χ4n) is 2.78. The van der Waals surface area contributed by atoms with E-state index in [-0.39, 0.29) is 0 Å². The fraction of sp³-hybridized carbons (Fsp3) is 0. The number of hydrogen-bond donors (Lipinski definition) is 0. The Morgan fingerprint density at radius 3 is 2.61 bits per heavy atom. The molecule has 5 rings (SSSR count). The largest absolute Gasteiger partial charge is 0.254 e. The van der Waals surface area contributed by atoms with Crippen LogP contribution in [0.1, 0.15) is 0 Å². The van der Waals surface area contributed by atoms with Gasteiger partial charge in [-0.1, -0.05) is 24.3 Å². The predicted molar refractivity (Wildman–Crippen MR) is 91.2 cm³/mol. The van der Waals surface area contributed by atoms with Gasteiger partial charge in [-0.05, 0) is 11.5 Å². The Balaban J connectivity index is 1.93. The Hall–Kier alpha value is -2.99. The maximum Gasteiger partial charge on any atom is 0.144 e. The third-order valence-corrected chi connectivity index (χ3v) is 4.87. The summed E-state index contributed by atoms with van der Waals surface area (Å²) in [6.45, 7) is 0. The van der Waals surface area contributed by atoms with Gasteiger partial charge in [0.15, 0.2) is 0 Å². The Morgan fingerprint density at radius 2 is 1.61 bits per heavy atom. The van der Waals surface area contributed by atoms with Crippen molar-refractivity contribution in [2.75, 3.05) is 0 Å². The van der Waals surface area contributed by atoms with Crippen molar-refractivity contribution in [2.45, 2.75) is 0 Å². The van der Waals surface area contributed by atoms with Gasteiger partial charge in [0.1, 0.15) is 27.9 Å². The third kappa shape index (κ3) is 1.82. The van der Waals surface area contributed by atoms with Crippen molar-refractivity contribution in [3.63, 3.8) is 0 Å². The number of fused-ring (bicyclic) bond motifs is 4. The summed E-state index contributed by atoms with van der Waals surface area (Å²) in [7, 11) is 0. The molecule has 4 heterocycles. The van der Waals surface area contributed by atoms with Gasteiger partial charge in [0, 0.05) is 24.0 Å². The summed E-state index contributed by atoms with van der Waals surface area (Å²) in [6.07, 6.45) is 6.77. The predicted octanol–water partition coefficient (Wildman–Crippen LogP) is 3.85. The molecule has 0 spiro atoms. The van der Waals surface area contributed by atoms with E-state index < -0.39 is 0 Å². The van der Waals surface area contributed by atoms with Crippen LogP contribution >= 0.6 is 11.3 Å². The first kappa shape index (κ1) is 12.5. The van der Waals surface area contributed by atoms with E-state index in [0.717, 1.165) is 42.7 Å². The maximum atomic E-state index is 4.57. The zero-order chi connectivity index (χ0) is 15.2. The Morgan fingerprint density at radius 1 is 0.696 bits per heavy atom. The van der Waals surface area contributed by atoms with Gasteiger partial charge in [-0.25, -0.2) is 19.9 Å². The monoisotopic (exact) mass is 315 g/mol. The minimum absolute atomic E-state index is 0.816. The number of aromatic nitrogens is 5. The second-order valence-corrected chi connectivity index (χ2v) is 6.09. The molecule has 5 nitrogen and oxygen atoms in total. The molecule has 1 aromatic carbocycles. The molecule has 0 aliphatic rings. The highest BCUT2D eigenvalue weighted by Crippen LogP contribution is 2.36. The van der Waals surface area contributed by atoms with Crippen LogP contribution in [0.15, 0.2) is 55.2 Å². The van der Waals surface area contributed by atoms with Crippen LogP contribution in [0.4, 0.5) is 0 Å². The molecule has 108 valence electrons. The summed E-state index contributed by atoms with van der Waals surface area (Å²) in [5.74, 6) is 0. The average molecular weight is 315 g/mol. The van der Waals surface area contributed by atoms with Gasteiger partial charge in [0.2, 0.25) is 0 Å². The van der Waals surface area contributed by atoms with E-state index in [2.05, 4.69) is 37.1 Å². The van der Waals surface area contributed by atoms with E-state index in [1.807, 2.05) is 24.4 Å². The van der Waals surface area contributed by atoms with Crippen LogP contribution in [0, 0.1) is 0 Å². The van der Waals surface area contributed by atoms with E-state index in [9.17, 15) is 0 Å². The molecule has 0 N–H and O–H groups in total. The van der Waals surface area contributed by atoms with Crippen LogP contribution in [0.5, 0.6) is 0 Å². The number of pyridine rings is 1. The lowest BCUT2D eigenvalue weighted by Crippen LogP contribution is -1.90. The Labute approximate surface area is 134 Å². The highest BCUT2D eigenvalue weighted by Gasteiger charge is 2.16. The molecule has 0 amide bonds. The van der Waals surface area contributed by atoms with Gasteiger partial charge in [0.25, 0.3) is 0 Å². The standard InChI is InChI=1S/C17H9N5S/c1-2-4-11-10(3-1)5-6-18-12(11)13-16-14(22-9-21-13)15-17(23-16)20-8-7-19-15/h1-9H. The van der Waals surface area contributed by atoms with E-state index in [1.54, 1.807) is 30.1 Å². The van der Waals surface area contributed by atoms with Gasteiger partial charge in [-0.2, -0.15) is 0 Å². The lowest BCUT2D eigenvalue weighted by molar-refractivity contribution is 1.21. The Kier molecular flexibility index (Phi) is 2.59. The minimum Gasteiger partial charge on any atom is -0.254 e. The number of rotatable bonds is 1. The molecule has 0 saturated heterocycles. The van der Waals surface area contributed by atoms with E-state index in [0.29, 0.717) is 0 Å². The molecule has 0 bridgehead atoms. The van der Waals surface area contributed by atoms with E-state index >= 15 is 0 Å². The molecule has 4 aromatic heterocycles. The van der Waals surface area contributed by atoms with Gasteiger partial charge in [0.05, 0.1) is 10.4 Å². The first-order valence-electron chi connectivity index (χ1n) is 7.10. The number of hydrogen-bond acceptors (Lipinski definition) is 6. The summed E-state index contributed by atoms with van der Waals surface area (Å²) in [5, 5.41) is 2.22. The SMILES string of the molecule is c1ccc2c(-c3ncnc4c3sc3nccnc34)nccc2c1. The molecule has 23 heavy (non-hydrogen) atoms. The van der Waals surface area contributed by atoms with Crippen LogP contribution < -0.4 is 0 Å². The molecule has 0 saturated carbocycles. The highest BCUT2D eigenvalue weighted by atomic mass is 32.1. The van der Waals surface area contributed by atoms with Crippen LogP contribution in [-0.4, -0.2) is 24.9 Å². The summed E-state index contributed by atoms with van der Waals surface area (Å²) < 4.78 is 0.970. The summed E-state index contributed by atoms with van der Waals surface area (Å²) in [4.78, 5) is 23.1. The molecule has 0 unspecified atom stereocenters. The molecule has 0 fully saturated rings. The zero-order valence-corrected chi connectivity index (χ0v) is 12.7. The number of benzene rings is 1. The quantitative estimate of drug-likeness (QED) is 0.470. The first-order chi connectivity index (χ1) is 11.4. The summed E-state index contributed by atoms with van der Waals surface area (Å²) in [5.41, 5.74) is 3.34.